The van der Waals surface area contributed by atoms with Gasteiger partial charge in [-0.15, -0.1) is 0 Å². The van der Waals surface area contributed by atoms with Crippen molar-refractivity contribution >= 4 is 5.69 Å². The number of benzene rings is 1. The van der Waals surface area contributed by atoms with Gasteiger partial charge in [-0.1, -0.05) is 5.16 Å². The summed E-state index contributed by atoms with van der Waals surface area (Å²) in [6.07, 6.45) is 0. The topological polar surface area (TPSA) is 68.2 Å². The molecule has 5 heteroatoms. The van der Waals surface area contributed by atoms with Crippen molar-refractivity contribution in [3.8, 4) is 11.5 Å². The van der Waals surface area contributed by atoms with Crippen LogP contribution in [0.5, 0.6) is 0 Å². The Bertz CT molecular complexity index is 461. The van der Waals surface area contributed by atoms with Crippen LogP contribution in [0.3, 0.4) is 0 Å². The molecule has 1 aromatic carbocycles. The van der Waals surface area contributed by atoms with Gasteiger partial charge < -0.3 is 15.2 Å². The first kappa shape index (κ1) is 10.6. The zero-order valence-electron chi connectivity index (χ0n) is 9.34. The van der Waals surface area contributed by atoms with Crippen LogP contribution in [-0.4, -0.2) is 29.1 Å². The number of nitrogens with two attached hydrogens (primary N) is 1. The molecule has 1 aromatic heterocycles. The third kappa shape index (κ3) is 2.38. The van der Waals surface area contributed by atoms with Crippen LogP contribution in [0.4, 0.5) is 5.69 Å². The van der Waals surface area contributed by atoms with E-state index in [2.05, 4.69) is 10.1 Å². The molecular formula is C11H14N4O. The summed E-state index contributed by atoms with van der Waals surface area (Å²) >= 11 is 0. The molecule has 0 unspecified atom stereocenters. The lowest BCUT2D eigenvalue weighted by molar-refractivity contribution is 0.365. The van der Waals surface area contributed by atoms with Crippen molar-refractivity contribution in [2.75, 3.05) is 19.8 Å². The molecule has 0 fully saturated rings. The minimum Gasteiger partial charge on any atom is -0.399 e. The second-order valence-electron chi connectivity index (χ2n) is 3.88. The van der Waals surface area contributed by atoms with Gasteiger partial charge in [-0.05, 0) is 38.4 Å². The van der Waals surface area contributed by atoms with Crippen molar-refractivity contribution in [3.63, 3.8) is 0 Å². The number of rotatable bonds is 3. The van der Waals surface area contributed by atoms with Gasteiger partial charge in [0.05, 0.1) is 6.54 Å². The molecule has 16 heavy (non-hydrogen) atoms. The summed E-state index contributed by atoms with van der Waals surface area (Å²) in [5, 5.41) is 3.90. The second-order valence-corrected chi connectivity index (χ2v) is 3.88. The number of nitrogen functional groups attached to an aromatic ring is 1. The highest BCUT2D eigenvalue weighted by molar-refractivity contribution is 5.56. The molecule has 0 spiro atoms. The lowest BCUT2D eigenvalue weighted by Crippen LogP contribution is -2.11. The molecule has 0 aliphatic rings. The number of hydrogen-bond acceptors (Lipinski definition) is 5. The first-order valence-corrected chi connectivity index (χ1v) is 4.98. The van der Waals surface area contributed by atoms with E-state index < -0.39 is 0 Å². The Balaban J connectivity index is 2.21. The quantitative estimate of drug-likeness (QED) is 0.788. The summed E-state index contributed by atoms with van der Waals surface area (Å²) in [6, 6.07) is 7.35. The van der Waals surface area contributed by atoms with E-state index >= 15 is 0 Å². The van der Waals surface area contributed by atoms with Gasteiger partial charge in [-0.3, -0.25) is 0 Å². The maximum Gasteiger partial charge on any atom is 0.257 e. The summed E-state index contributed by atoms with van der Waals surface area (Å²) in [5.74, 6) is 1.20. The van der Waals surface area contributed by atoms with Crippen LogP contribution in [0.25, 0.3) is 11.5 Å². The van der Waals surface area contributed by atoms with Crippen molar-refractivity contribution in [3.05, 3.63) is 30.1 Å². The molecule has 2 N–H and O–H groups in total. The van der Waals surface area contributed by atoms with Crippen LogP contribution in [0.2, 0.25) is 0 Å². The molecule has 0 aliphatic carbocycles. The molecule has 0 aliphatic heterocycles. The lowest BCUT2D eigenvalue weighted by Gasteiger charge is -2.03. The van der Waals surface area contributed by atoms with Crippen LogP contribution in [0.1, 0.15) is 5.82 Å². The minimum atomic E-state index is 0.525. The van der Waals surface area contributed by atoms with Crippen molar-refractivity contribution < 1.29 is 4.52 Å². The summed E-state index contributed by atoms with van der Waals surface area (Å²) in [7, 11) is 3.92. The molecule has 0 atom stereocenters. The third-order valence-corrected chi connectivity index (χ3v) is 2.08. The highest BCUT2D eigenvalue weighted by Crippen LogP contribution is 2.18. The van der Waals surface area contributed by atoms with Gasteiger partial charge in [0.1, 0.15) is 0 Å². The number of nitrogens with zero attached hydrogens (tertiary/aromatic N) is 3. The molecule has 84 valence electrons. The van der Waals surface area contributed by atoms with E-state index in [1.54, 1.807) is 0 Å². The smallest absolute Gasteiger partial charge is 0.257 e. The van der Waals surface area contributed by atoms with Crippen LogP contribution < -0.4 is 5.73 Å². The fourth-order valence-corrected chi connectivity index (χ4v) is 1.34. The molecule has 1 heterocycles. The van der Waals surface area contributed by atoms with E-state index in [0.29, 0.717) is 18.3 Å². The molecular weight excluding hydrogens is 204 g/mol. The lowest BCUT2D eigenvalue weighted by atomic mass is 10.2. The molecule has 5 nitrogen and oxygen atoms in total. The largest absolute Gasteiger partial charge is 0.399 e. The van der Waals surface area contributed by atoms with E-state index in [0.717, 1.165) is 11.3 Å². The van der Waals surface area contributed by atoms with Gasteiger partial charge in [0.2, 0.25) is 0 Å². The average Bonchev–Trinajstić information content (AvgIpc) is 2.66. The van der Waals surface area contributed by atoms with E-state index in [1.807, 2.05) is 43.3 Å². The highest BCUT2D eigenvalue weighted by Gasteiger charge is 2.08. The van der Waals surface area contributed by atoms with E-state index in [1.165, 1.54) is 0 Å². The second kappa shape index (κ2) is 4.32. The predicted molar refractivity (Wildman–Crippen MR) is 61.5 cm³/mol. The minimum absolute atomic E-state index is 0.525. The highest BCUT2D eigenvalue weighted by atomic mass is 16.5. The fourth-order valence-electron chi connectivity index (χ4n) is 1.34. The van der Waals surface area contributed by atoms with Gasteiger partial charge in [0.15, 0.2) is 5.82 Å². The number of anilines is 1. The Morgan fingerprint density at radius 3 is 2.56 bits per heavy atom. The number of hydrogen-bond donors (Lipinski definition) is 1. The van der Waals surface area contributed by atoms with Crippen molar-refractivity contribution in [2.45, 2.75) is 6.54 Å². The maximum atomic E-state index is 5.60. The first-order valence-electron chi connectivity index (χ1n) is 4.98. The summed E-state index contributed by atoms with van der Waals surface area (Å²) in [6.45, 7) is 0.665. The van der Waals surface area contributed by atoms with Crippen LogP contribution >= 0.6 is 0 Å². The SMILES string of the molecule is CN(C)Cc1noc(-c2ccc(N)cc2)n1. The summed E-state index contributed by atoms with van der Waals surface area (Å²) in [4.78, 5) is 6.27. The van der Waals surface area contributed by atoms with Crippen LogP contribution in [0.15, 0.2) is 28.8 Å². The van der Waals surface area contributed by atoms with Gasteiger partial charge in [-0.2, -0.15) is 4.98 Å². The van der Waals surface area contributed by atoms with E-state index in [4.69, 9.17) is 10.3 Å². The zero-order chi connectivity index (χ0) is 11.5. The Kier molecular flexibility index (Phi) is 2.87. The van der Waals surface area contributed by atoms with E-state index in [-0.39, 0.29) is 0 Å². The Morgan fingerprint density at radius 2 is 1.94 bits per heavy atom. The normalized spacial score (nSPS) is 10.9. The molecule has 0 amide bonds. The van der Waals surface area contributed by atoms with Gasteiger partial charge in [0.25, 0.3) is 5.89 Å². The molecule has 0 radical (unpaired) electrons. The molecule has 0 saturated heterocycles. The average molecular weight is 218 g/mol. The Hall–Kier alpha value is -1.88. The third-order valence-electron chi connectivity index (χ3n) is 2.08. The van der Waals surface area contributed by atoms with E-state index in [9.17, 15) is 0 Å². The monoisotopic (exact) mass is 218 g/mol. The summed E-state index contributed by atoms with van der Waals surface area (Å²) in [5.41, 5.74) is 7.20. The molecule has 2 aromatic rings. The standard InChI is InChI=1S/C11H14N4O/c1-15(2)7-10-13-11(16-14-10)8-3-5-9(12)6-4-8/h3-6H,7,12H2,1-2H3. The van der Waals surface area contributed by atoms with Crippen molar-refractivity contribution in [1.29, 1.82) is 0 Å². The van der Waals surface area contributed by atoms with Crippen LogP contribution in [-0.2, 0) is 6.54 Å². The molecule has 2 rings (SSSR count). The van der Waals surface area contributed by atoms with Crippen molar-refractivity contribution in [1.82, 2.24) is 15.0 Å². The van der Waals surface area contributed by atoms with Gasteiger partial charge in [0, 0.05) is 11.3 Å². The molecule has 0 bridgehead atoms. The Morgan fingerprint density at radius 1 is 1.25 bits per heavy atom. The summed E-state index contributed by atoms with van der Waals surface area (Å²) < 4.78 is 5.16. The fraction of sp³-hybridized carbons (Fsp3) is 0.273. The number of aromatic nitrogens is 2. The first-order chi connectivity index (χ1) is 7.65. The van der Waals surface area contributed by atoms with Crippen molar-refractivity contribution in [2.24, 2.45) is 0 Å². The van der Waals surface area contributed by atoms with Gasteiger partial charge >= 0.3 is 0 Å². The maximum absolute atomic E-state index is 5.60. The van der Waals surface area contributed by atoms with Gasteiger partial charge in [-0.25, -0.2) is 0 Å². The zero-order valence-corrected chi connectivity index (χ0v) is 9.34. The molecule has 0 saturated carbocycles. The predicted octanol–water partition coefficient (Wildman–Crippen LogP) is 1.38. The Labute approximate surface area is 93.9 Å². The van der Waals surface area contributed by atoms with Crippen LogP contribution in [0, 0.1) is 0 Å².